The number of hydrogen-bond acceptors (Lipinski definition) is 2. The third-order valence-corrected chi connectivity index (χ3v) is 11.4. The van der Waals surface area contributed by atoms with E-state index in [1.807, 2.05) is 100 Å². The van der Waals surface area contributed by atoms with Gasteiger partial charge in [-0.25, -0.2) is 4.98 Å². The van der Waals surface area contributed by atoms with Gasteiger partial charge in [-0.1, -0.05) is 130 Å². The summed E-state index contributed by atoms with van der Waals surface area (Å²) in [6.07, 6.45) is -4.86. The van der Waals surface area contributed by atoms with Crippen LogP contribution in [0.5, 0.6) is 11.5 Å². The molecule has 4 aliphatic rings. The van der Waals surface area contributed by atoms with Gasteiger partial charge in [0.2, 0.25) is 0 Å². The molecule has 0 aliphatic heterocycles. The Morgan fingerprint density at radius 3 is 2.15 bits per heavy atom. The van der Waals surface area contributed by atoms with E-state index in [4.69, 9.17) is 12.5 Å². The number of imidazole rings is 1. The van der Waals surface area contributed by atoms with Gasteiger partial charge in [-0.15, -0.1) is 0 Å². The lowest BCUT2D eigenvalue weighted by molar-refractivity contribution is -0.571. The zero-order chi connectivity index (χ0) is 48.3. The van der Waals surface area contributed by atoms with Crippen LogP contribution in [0.1, 0.15) is 59.6 Å². The molecule has 296 valence electrons. The number of aryl methyl sites for hydroxylation is 4. The van der Waals surface area contributed by atoms with Crippen LogP contribution in [0.4, 0.5) is 0 Å². The molecular weight excluding hydrogens is 745 g/mol. The van der Waals surface area contributed by atoms with Crippen LogP contribution in [0.15, 0.2) is 176 Å². The predicted octanol–water partition coefficient (Wildman–Crippen LogP) is 12.8. The molecule has 0 saturated carbocycles. The number of fused-ring (bicyclic) bond motifs is 4. The smallest absolute Gasteiger partial charge is 0.269 e. The molecule has 5 heteroatoms. The van der Waals surface area contributed by atoms with Crippen LogP contribution in [0.3, 0.4) is 0 Å². The molecular formula is C56H46N4O. The van der Waals surface area contributed by atoms with E-state index in [1.54, 1.807) is 12.1 Å². The van der Waals surface area contributed by atoms with E-state index in [0.29, 0.717) is 22.7 Å². The maximum atomic E-state index is 9.47. The Hall–Kier alpha value is -7.24. The third-order valence-electron chi connectivity index (χ3n) is 11.4. The molecule has 3 aromatic heterocycles. The van der Waals surface area contributed by atoms with Gasteiger partial charge >= 0.3 is 0 Å². The number of nitrogens with zero attached hydrogens (tertiary/aromatic N) is 4. The minimum Gasteiger partial charge on any atom is -0.458 e. The van der Waals surface area contributed by atoms with Gasteiger partial charge in [0, 0.05) is 34.0 Å². The van der Waals surface area contributed by atoms with E-state index in [2.05, 4.69) is 62.0 Å². The number of aromatic nitrogens is 4. The highest BCUT2D eigenvalue weighted by Gasteiger charge is 2.20. The van der Waals surface area contributed by atoms with Crippen molar-refractivity contribution in [1.29, 1.82) is 0 Å². The van der Waals surface area contributed by atoms with E-state index >= 15 is 0 Å². The Kier molecular flexibility index (Phi) is 7.05. The predicted molar refractivity (Wildman–Crippen MR) is 248 cm³/mol. The zero-order valence-electron chi connectivity index (χ0n) is 41.9. The molecule has 4 aliphatic carbocycles. The van der Waals surface area contributed by atoms with Crippen LogP contribution in [-0.2, 0) is 30.9 Å². The summed E-state index contributed by atoms with van der Waals surface area (Å²) < 4.78 is 86.6. The monoisotopic (exact) mass is 798 g/mol. The number of rotatable bonds is 6. The summed E-state index contributed by atoms with van der Waals surface area (Å²) in [5.74, 6) is 2.06. The molecule has 0 N–H and O–H groups in total. The van der Waals surface area contributed by atoms with Crippen molar-refractivity contribution < 1.29 is 20.3 Å². The highest BCUT2D eigenvalue weighted by atomic mass is 16.5. The first kappa shape index (κ1) is 29.1. The second-order valence-corrected chi connectivity index (χ2v) is 16.4. The number of benzene rings is 7. The van der Waals surface area contributed by atoms with Gasteiger partial charge in [0.05, 0.1) is 33.4 Å². The molecule has 0 atom stereocenters. The Labute approximate surface area is 368 Å². The maximum Gasteiger partial charge on any atom is 0.269 e. The number of hydrogen-bond donors (Lipinski definition) is 0. The summed E-state index contributed by atoms with van der Waals surface area (Å²) in [5, 5.41) is 2.19. The van der Waals surface area contributed by atoms with Crippen LogP contribution in [0.2, 0.25) is 0 Å². The van der Waals surface area contributed by atoms with Crippen LogP contribution < -0.4 is 9.30 Å². The van der Waals surface area contributed by atoms with E-state index in [0.717, 1.165) is 44.3 Å². The molecule has 0 amide bonds. The molecule has 4 bridgehead atoms. The van der Waals surface area contributed by atoms with Crippen LogP contribution >= 0.6 is 0 Å². The summed E-state index contributed by atoms with van der Waals surface area (Å²) in [7, 11) is 0. The normalized spacial score (nSPS) is 18.1. The fourth-order valence-electron chi connectivity index (χ4n) is 8.29. The van der Waals surface area contributed by atoms with Gasteiger partial charge in [0.15, 0.2) is 0 Å². The summed E-state index contributed by atoms with van der Waals surface area (Å²) >= 11 is 0. The lowest BCUT2D eigenvalue weighted by Crippen LogP contribution is -2.30. The Balaban J connectivity index is 1.02. The fourth-order valence-corrected chi connectivity index (χ4v) is 8.29. The zero-order valence-corrected chi connectivity index (χ0v) is 33.9. The maximum absolute atomic E-state index is 9.47. The first-order valence-electron chi connectivity index (χ1n) is 24.5. The molecule has 0 saturated heterocycles. The molecule has 61 heavy (non-hydrogen) atoms. The molecule has 14 rings (SSSR count). The van der Waals surface area contributed by atoms with Crippen LogP contribution in [-0.4, -0.2) is 14.1 Å². The first-order chi connectivity index (χ1) is 32.9. The van der Waals surface area contributed by atoms with E-state index < -0.39 is 25.5 Å². The van der Waals surface area contributed by atoms with Crippen molar-refractivity contribution in [2.45, 2.75) is 51.7 Å². The number of ether oxygens (including phenoxy) is 1. The average molecular weight is 799 g/mol. The highest BCUT2D eigenvalue weighted by molar-refractivity contribution is 6.09. The molecule has 10 aromatic rings. The van der Waals surface area contributed by atoms with Crippen LogP contribution in [0.25, 0.3) is 61.2 Å². The summed E-state index contributed by atoms with van der Waals surface area (Å²) in [6, 6.07) is 51.2. The third kappa shape index (κ3) is 6.76. The van der Waals surface area contributed by atoms with Crippen molar-refractivity contribution in [3.63, 3.8) is 0 Å². The molecule has 0 fully saturated rings. The summed E-state index contributed by atoms with van der Waals surface area (Å²) in [5.41, 5.74) is 6.72. The first-order valence-corrected chi connectivity index (χ1v) is 20.5. The average Bonchev–Trinajstić information content (AvgIpc) is 3.89. The molecule has 0 unspecified atom stereocenters. The minimum absolute atomic E-state index is 0.00727. The van der Waals surface area contributed by atoms with Crippen LogP contribution in [0, 0.1) is 6.33 Å². The van der Waals surface area contributed by atoms with Crippen molar-refractivity contribution >= 4 is 32.8 Å². The lowest BCUT2D eigenvalue weighted by Gasteiger charge is -2.20. The molecule has 3 heterocycles. The second-order valence-electron chi connectivity index (χ2n) is 16.4. The Morgan fingerprint density at radius 2 is 1.30 bits per heavy atom. The van der Waals surface area contributed by atoms with Gasteiger partial charge in [-0.05, 0) is 124 Å². The van der Waals surface area contributed by atoms with Gasteiger partial charge in [0.1, 0.15) is 17.3 Å². The Morgan fingerprint density at radius 1 is 0.590 bits per heavy atom. The molecule has 7 aromatic carbocycles. The Bertz CT molecular complexity index is 3660. The van der Waals surface area contributed by atoms with Gasteiger partial charge in [-0.3, -0.25) is 13.7 Å². The number of para-hydroxylation sites is 4. The van der Waals surface area contributed by atoms with Crippen molar-refractivity contribution in [3.8, 4) is 39.8 Å². The van der Waals surface area contributed by atoms with Gasteiger partial charge in [0.25, 0.3) is 6.33 Å². The topological polar surface area (TPSA) is 35.9 Å². The highest BCUT2D eigenvalue weighted by Crippen LogP contribution is 2.37. The summed E-state index contributed by atoms with van der Waals surface area (Å²) in [4.78, 5) is 4.84. The molecule has 0 spiro atoms. The van der Waals surface area contributed by atoms with Crippen molar-refractivity contribution in [2.24, 2.45) is 0 Å². The lowest BCUT2D eigenvalue weighted by atomic mass is 9.88. The van der Waals surface area contributed by atoms with E-state index in [9.17, 15) is 8.22 Å². The van der Waals surface area contributed by atoms with Crippen molar-refractivity contribution in [2.75, 3.05) is 0 Å². The number of pyridine rings is 1. The van der Waals surface area contributed by atoms with Gasteiger partial charge in [-0.2, -0.15) is 0 Å². The quantitative estimate of drug-likeness (QED) is 0.124. The molecule has 5 nitrogen and oxygen atoms in total. The second kappa shape index (κ2) is 14.8. The largest absolute Gasteiger partial charge is 0.458 e. The van der Waals surface area contributed by atoms with Crippen molar-refractivity contribution in [1.82, 2.24) is 14.1 Å². The van der Waals surface area contributed by atoms with E-state index in [-0.39, 0.29) is 33.2 Å². The molecule has 0 radical (unpaired) electrons. The standard InChI is InChI=1S/C56H46N4O/c1-56(2,3)42-31-32-57-55(34-42)60-51-16-7-5-13-46(51)48-30-29-45(36-54(48)60)61-44-12-10-11-43(35-44)58-37-59(53-18-9-8-17-52(53)58)50-15-6-4-14-47(50)49-33-40-24-23-38-19-21-39(22-20-38)25-27-41(49)28-26-40/h4-22,26,28-36H,23-25,27H2,1-3H3/i23D2,24D2,25D2,27D2. The summed E-state index contributed by atoms with van der Waals surface area (Å²) in [6.45, 7) is 6.59. The van der Waals surface area contributed by atoms with Crippen molar-refractivity contribution in [3.05, 3.63) is 210 Å². The van der Waals surface area contributed by atoms with Gasteiger partial charge < -0.3 is 4.74 Å². The van der Waals surface area contributed by atoms with E-state index in [1.165, 1.54) is 48.0 Å². The SMILES string of the molecule is [2H]C1([2H])c2ccc(cc2)C([2H])([2H])C([2H])([2H])c2ccc(cc2-c2ccccc2-[n+]2[c-]n(-c3cccc(Oc4ccc5c6ccccc6n(-c6cc(C(C)(C)C)ccn6)c5c4)c3)c3ccccc32)C1([2H])[2H]. The minimum atomic E-state index is -2.63. The fraction of sp³-hybridized carbons (Fsp3) is 0.143.